The highest BCUT2D eigenvalue weighted by molar-refractivity contribution is 6.90. The van der Waals surface area contributed by atoms with E-state index in [1.54, 1.807) is 36.6 Å². The number of benzene rings is 2. The zero-order chi connectivity index (χ0) is 53.1. The molecule has 20 heteroatoms. The molecule has 13 nitrogen and oxygen atoms in total. The van der Waals surface area contributed by atoms with Crippen molar-refractivity contribution in [2.75, 3.05) is 65.2 Å². The van der Waals surface area contributed by atoms with E-state index in [2.05, 4.69) is 63.0 Å². The number of ether oxygens (including phenoxy) is 4. The third-order valence-corrected chi connectivity index (χ3v) is 21.5. The predicted molar refractivity (Wildman–Crippen MR) is 269 cm³/mol. The molecule has 0 N–H and O–H groups in total. The highest BCUT2D eigenvalue weighted by Crippen LogP contribution is 2.45. The number of methoxy groups -OCH3 is 1. The third kappa shape index (κ3) is 10.5. The molecule has 4 fully saturated rings. The summed E-state index contributed by atoms with van der Waals surface area (Å²) in [6.07, 6.45) is -3.70. The zero-order valence-electron chi connectivity index (χ0n) is 43.6. The van der Waals surface area contributed by atoms with Gasteiger partial charge in [0.2, 0.25) is 0 Å². The Balaban J connectivity index is 1.41. The molecule has 2 bridgehead atoms. The number of halogens is 6. The first-order valence-electron chi connectivity index (χ1n) is 25.2. The maximum absolute atomic E-state index is 18.5. The summed E-state index contributed by atoms with van der Waals surface area (Å²) in [5.74, 6) is 0.229. The van der Waals surface area contributed by atoms with E-state index >= 15 is 13.2 Å². The van der Waals surface area contributed by atoms with Crippen LogP contribution in [0.2, 0.25) is 16.6 Å². The molecule has 4 aromatic rings. The molecule has 6 heterocycles. The Morgan fingerprint density at radius 2 is 1.60 bits per heavy atom. The average Bonchev–Trinajstić information content (AvgIpc) is 3.92. The van der Waals surface area contributed by atoms with E-state index in [0.29, 0.717) is 36.1 Å². The first-order chi connectivity index (χ1) is 34.3. The average molecular weight is 1040 g/mol. The second-order valence-corrected chi connectivity index (χ2v) is 27.8. The van der Waals surface area contributed by atoms with E-state index in [4.69, 9.17) is 23.9 Å². The van der Waals surface area contributed by atoms with Crippen molar-refractivity contribution in [2.24, 2.45) is 0 Å². The van der Waals surface area contributed by atoms with Crippen LogP contribution in [0.4, 0.5) is 37.0 Å². The highest BCUT2D eigenvalue weighted by Gasteiger charge is 2.50. The van der Waals surface area contributed by atoms with Gasteiger partial charge in [0.15, 0.2) is 12.6 Å². The lowest BCUT2D eigenvalue weighted by Crippen LogP contribution is -2.57. The Morgan fingerprint density at radius 1 is 0.932 bits per heavy atom. The van der Waals surface area contributed by atoms with Gasteiger partial charge in [-0.15, -0.1) is 5.54 Å². The van der Waals surface area contributed by atoms with Gasteiger partial charge < -0.3 is 28.7 Å². The molecule has 2 aromatic heterocycles. The topological polar surface area (TPSA) is 123 Å². The number of amides is 2. The van der Waals surface area contributed by atoms with Gasteiger partial charge in [0.1, 0.15) is 67.3 Å². The number of fused-ring (bicyclic) bond motifs is 5. The van der Waals surface area contributed by atoms with Crippen LogP contribution in [0.15, 0.2) is 24.3 Å². The zero-order valence-corrected chi connectivity index (χ0v) is 44.6. The minimum Gasteiger partial charge on any atom is -0.468 e. The molecule has 2 unspecified atom stereocenters. The predicted octanol–water partition coefficient (Wildman–Crippen LogP) is 10.9. The molecule has 4 atom stereocenters. The van der Waals surface area contributed by atoms with Crippen molar-refractivity contribution in [2.45, 2.75) is 147 Å². The molecular formula is C53H67F6N7O6Si. The number of anilines is 1. The van der Waals surface area contributed by atoms with E-state index in [1.807, 2.05) is 4.90 Å². The largest absolute Gasteiger partial charge is 0.468 e. The maximum atomic E-state index is 18.5. The third-order valence-electron chi connectivity index (χ3n) is 15.2. The van der Waals surface area contributed by atoms with E-state index in [-0.39, 0.29) is 95.6 Å². The minimum absolute atomic E-state index is 0.0602. The quantitative estimate of drug-likeness (QED) is 0.0550. The molecule has 73 heavy (non-hydrogen) atoms. The fourth-order valence-electron chi connectivity index (χ4n) is 12.2. The summed E-state index contributed by atoms with van der Waals surface area (Å²) in [5, 5.41) is 0.177. The van der Waals surface area contributed by atoms with Crippen molar-refractivity contribution in [3.8, 4) is 34.5 Å². The van der Waals surface area contributed by atoms with Crippen LogP contribution in [0.5, 0.6) is 11.8 Å². The Labute approximate surface area is 424 Å². The van der Waals surface area contributed by atoms with Gasteiger partial charge in [-0.2, -0.15) is 23.1 Å². The van der Waals surface area contributed by atoms with Crippen molar-refractivity contribution in [3.05, 3.63) is 47.2 Å². The number of nitrogens with zero attached hydrogens (tertiary/aromatic N) is 7. The Kier molecular flexibility index (Phi) is 15.0. The summed E-state index contributed by atoms with van der Waals surface area (Å²) in [6, 6.07) is 4.55. The number of carbonyl (C=O) groups is 2. The summed E-state index contributed by atoms with van der Waals surface area (Å²) < 4.78 is 116. The van der Waals surface area contributed by atoms with Crippen molar-refractivity contribution in [1.82, 2.24) is 29.7 Å². The van der Waals surface area contributed by atoms with Gasteiger partial charge in [0.25, 0.3) is 5.91 Å². The van der Waals surface area contributed by atoms with E-state index in [9.17, 15) is 22.8 Å². The monoisotopic (exact) mass is 1040 g/mol. The van der Waals surface area contributed by atoms with E-state index in [1.165, 1.54) is 25.3 Å². The molecule has 4 aliphatic rings. The van der Waals surface area contributed by atoms with Crippen molar-refractivity contribution in [3.63, 3.8) is 0 Å². The van der Waals surface area contributed by atoms with Crippen LogP contribution in [-0.4, -0.2) is 146 Å². The van der Waals surface area contributed by atoms with Crippen LogP contribution in [-0.2, 0) is 9.47 Å². The minimum atomic E-state index is -4.85. The van der Waals surface area contributed by atoms with Crippen LogP contribution in [0, 0.1) is 23.1 Å². The molecule has 0 radical (unpaired) electrons. The normalized spacial score (nSPS) is 21.4. The van der Waals surface area contributed by atoms with Gasteiger partial charge >= 0.3 is 18.3 Å². The molecule has 4 saturated heterocycles. The fourth-order valence-corrected chi connectivity index (χ4v) is 17.4. The van der Waals surface area contributed by atoms with E-state index in [0.717, 1.165) is 13.5 Å². The first-order valence-corrected chi connectivity index (χ1v) is 27.4. The van der Waals surface area contributed by atoms with Crippen LogP contribution in [0.1, 0.15) is 110 Å². The van der Waals surface area contributed by atoms with E-state index < -0.39 is 90.7 Å². The number of piperazine rings is 1. The molecule has 0 spiro atoms. The maximum Gasteiger partial charge on any atom is 0.410 e. The smallest absolute Gasteiger partial charge is 0.410 e. The van der Waals surface area contributed by atoms with Crippen LogP contribution in [0.25, 0.3) is 32.9 Å². The molecule has 2 aromatic carbocycles. The Morgan fingerprint density at radius 3 is 2.22 bits per heavy atom. The van der Waals surface area contributed by atoms with Crippen LogP contribution in [0.3, 0.4) is 0 Å². The molecule has 8 rings (SSSR count). The van der Waals surface area contributed by atoms with Gasteiger partial charge in [0, 0.05) is 51.2 Å². The summed E-state index contributed by atoms with van der Waals surface area (Å²) in [4.78, 5) is 48.5. The number of rotatable bonds is 13. The lowest BCUT2D eigenvalue weighted by Gasteiger charge is -2.42. The lowest BCUT2D eigenvalue weighted by atomic mass is 9.95. The molecule has 0 aliphatic carbocycles. The number of hydrogen-bond acceptors (Lipinski definition) is 11. The molecule has 0 saturated carbocycles. The van der Waals surface area contributed by atoms with Gasteiger partial charge in [-0.3, -0.25) is 14.6 Å². The van der Waals surface area contributed by atoms with Crippen molar-refractivity contribution >= 4 is 47.6 Å². The number of carbonyl (C=O) groups excluding carboxylic acids is 2. The number of pyridine rings is 1. The molecule has 396 valence electrons. The second-order valence-electron chi connectivity index (χ2n) is 22.2. The SMILES string of the molecule is COCOc1cc(-c2nc(C(=O)N(C)CC(F)(F)F)c3c(N4CC5CCC(C4)N5C(=O)OC(C)(C)C)nc(OC[C@@]45CCCN4C[C@H](F)C5)nc3c2F)c2c(C#C[Si](C(C)C)(C(C)C)C(C)C)c(F)ccc2c1. The van der Waals surface area contributed by atoms with Gasteiger partial charge in [-0.25, -0.2) is 22.9 Å². The van der Waals surface area contributed by atoms with Gasteiger partial charge in [-0.1, -0.05) is 53.5 Å². The van der Waals surface area contributed by atoms with Crippen LogP contribution < -0.4 is 14.4 Å². The number of hydrogen-bond donors (Lipinski definition) is 0. The summed E-state index contributed by atoms with van der Waals surface area (Å²) >= 11 is 0. The first kappa shape index (κ1) is 53.9. The molecular weight excluding hydrogens is 973 g/mol. The summed E-state index contributed by atoms with van der Waals surface area (Å²) in [5.41, 5.74) is 0.737. The van der Waals surface area contributed by atoms with Gasteiger partial charge in [-0.05, 0) is 93.2 Å². The Bertz CT molecular complexity index is 2800. The van der Waals surface area contributed by atoms with Crippen LogP contribution >= 0.6 is 0 Å². The lowest BCUT2D eigenvalue weighted by molar-refractivity contribution is -0.138. The van der Waals surface area contributed by atoms with Crippen molar-refractivity contribution in [1.29, 1.82) is 0 Å². The number of aromatic nitrogens is 3. The summed E-state index contributed by atoms with van der Waals surface area (Å²) in [6.45, 7) is 17.1. The number of alkyl halides is 4. The molecule has 4 aliphatic heterocycles. The molecule has 2 amide bonds. The van der Waals surface area contributed by atoms with Crippen molar-refractivity contribution < 1.29 is 54.9 Å². The highest BCUT2D eigenvalue weighted by atomic mass is 28.3. The second kappa shape index (κ2) is 20.4. The Hall–Kier alpha value is -5.39. The standard InChI is InChI=1S/C53H67F6N7O6Si/c1-30(2)73(31(3)4,32(5)6)20-17-38-40(55)16-13-33-21-37(71-29-69-11)22-39(41(33)38)44-43(56)45-42(46(60-44)48(67)63(10)27-53(57,58)59)47(62-49(61-45)70-28-52-18-12-19-65(52)24-34(54)23-52)64-25-35-14-15-36(26-64)66(35)50(68)72-51(7,8)9/h13,16,21-22,30-32,34-36H,12,14-15,18-19,23-29H2,1-11H3/t34-,35?,36?,52+/m1/s1. The summed E-state index contributed by atoms with van der Waals surface area (Å²) in [7, 11) is -0.155. The fraction of sp³-hybridized carbons (Fsp3) is 0.604. The van der Waals surface area contributed by atoms with Gasteiger partial charge in [0.05, 0.1) is 28.6 Å².